The molecule has 0 unspecified atom stereocenters. The van der Waals surface area contributed by atoms with E-state index in [-0.39, 0.29) is 11.3 Å². The molecule has 0 spiro atoms. The molecule has 5 heteroatoms. The number of phenols is 1. The predicted octanol–water partition coefficient (Wildman–Crippen LogP) is 4.44. The van der Waals surface area contributed by atoms with E-state index in [0.717, 1.165) is 26.7 Å². The van der Waals surface area contributed by atoms with Crippen LogP contribution in [0.4, 0.5) is 0 Å². The van der Waals surface area contributed by atoms with E-state index >= 15 is 0 Å². The van der Waals surface area contributed by atoms with Crippen LogP contribution >= 0.6 is 11.3 Å². The zero-order valence-corrected chi connectivity index (χ0v) is 13.4. The Hall–Kier alpha value is -2.92. The van der Waals surface area contributed by atoms with Crippen molar-refractivity contribution in [1.82, 2.24) is 4.98 Å². The summed E-state index contributed by atoms with van der Waals surface area (Å²) in [4.78, 5) is 15.9. The number of phenolic OH excluding ortho intramolecular Hbond substituents is 1. The number of carboxylic acid groups (broad SMARTS) is 1. The van der Waals surface area contributed by atoms with E-state index in [0.29, 0.717) is 11.9 Å². The average molecular weight is 335 g/mol. The van der Waals surface area contributed by atoms with E-state index in [9.17, 15) is 15.0 Å². The number of carboxylic acids is 1. The van der Waals surface area contributed by atoms with Crippen molar-refractivity contribution >= 4 is 38.3 Å². The van der Waals surface area contributed by atoms with Crippen LogP contribution in [0, 0.1) is 0 Å². The number of nitrogens with zero attached hydrogens (tertiary/aromatic N) is 1. The molecule has 0 fully saturated rings. The quantitative estimate of drug-likeness (QED) is 0.580. The fraction of sp³-hybridized carbons (Fsp3) is 0.0526. The number of aromatic carboxylic acids is 1. The van der Waals surface area contributed by atoms with E-state index in [2.05, 4.69) is 0 Å². The standard InChI is InChI=1S/C19H13NO3S/c21-13-3-1-2-11(8-13)9-16-15-6-7-24-18(15)14-5-4-12(19(22)23)10-17(14)20-16/h1-8,10,21H,9H2,(H,22,23). The first-order chi connectivity index (χ1) is 11.6. The molecule has 0 saturated carbocycles. The van der Waals surface area contributed by atoms with Gasteiger partial charge in [-0.1, -0.05) is 18.2 Å². The van der Waals surface area contributed by atoms with E-state index in [4.69, 9.17) is 4.98 Å². The smallest absolute Gasteiger partial charge is 0.335 e. The number of fused-ring (bicyclic) bond motifs is 3. The molecule has 4 nitrogen and oxygen atoms in total. The Bertz CT molecular complexity index is 1080. The summed E-state index contributed by atoms with van der Waals surface area (Å²) in [5.74, 6) is -0.734. The molecule has 2 aromatic heterocycles. The highest BCUT2D eigenvalue weighted by Gasteiger charge is 2.12. The number of aromatic nitrogens is 1. The number of hydrogen-bond acceptors (Lipinski definition) is 4. The van der Waals surface area contributed by atoms with Gasteiger partial charge < -0.3 is 10.2 Å². The molecule has 0 saturated heterocycles. The maximum atomic E-state index is 11.2. The summed E-state index contributed by atoms with van der Waals surface area (Å²) in [6.45, 7) is 0. The van der Waals surface area contributed by atoms with Crippen molar-refractivity contribution in [2.75, 3.05) is 0 Å². The minimum Gasteiger partial charge on any atom is -0.508 e. The van der Waals surface area contributed by atoms with Crippen molar-refractivity contribution < 1.29 is 15.0 Å². The Morgan fingerprint density at radius 3 is 2.75 bits per heavy atom. The van der Waals surface area contributed by atoms with Crippen LogP contribution in [0.25, 0.3) is 21.0 Å². The van der Waals surface area contributed by atoms with Crippen molar-refractivity contribution in [3.8, 4) is 5.75 Å². The number of benzene rings is 2. The second-order valence-corrected chi connectivity index (χ2v) is 6.52. The highest BCUT2D eigenvalue weighted by molar-refractivity contribution is 7.18. The minimum atomic E-state index is -0.959. The lowest BCUT2D eigenvalue weighted by molar-refractivity contribution is 0.0697. The first-order valence-electron chi connectivity index (χ1n) is 7.43. The van der Waals surface area contributed by atoms with E-state index in [1.165, 1.54) is 0 Å². The third-order valence-corrected chi connectivity index (χ3v) is 4.95. The van der Waals surface area contributed by atoms with Gasteiger partial charge in [-0.2, -0.15) is 0 Å². The summed E-state index contributed by atoms with van der Waals surface area (Å²) < 4.78 is 1.10. The topological polar surface area (TPSA) is 70.4 Å². The van der Waals surface area contributed by atoms with E-state index in [1.807, 2.05) is 23.6 Å². The average Bonchev–Trinajstić information content (AvgIpc) is 3.04. The third kappa shape index (κ3) is 2.49. The van der Waals surface area contributed by atoms with Crippen LogP contribution in [0.2, 0.25) is 0 Å². The highest BCUT2D eigenvalue weighted by atomic mass is 32.1. The molecule has 2 heterocycles. The SMILES string of the molecule is O=C(O)c1ccc2c(c1)nc(Cc1cccc(O)c1)c1ccsc12. The van der Waals surface area contributed by atoms with Crippen LogP contribution in [-0.2, 0) is 6.42 Å². The predicted molar refractivity (Wildman–Crippen MR) is 95.0 cm³/mol. The van der Waals surface area contributed by atoms with Gasteiger partial charge in [0.2, 0.25) is 0 Å². The molecule has 4 rings (SSSR count). The summed E-state index contributed by atoms with van der Waals surface area (Å²) in [5.41, 5.74) is 2.75. The number of thiophene rings is 1. The Labute approximate surface area is 141 Å². The molecule has 0 bridgehead atoms. The Morgan fingerprint density at radius 2 is 1.96 bits per heavy atom. The molecule has 0 aliphatic heterocycles. The summed E-state index contributed by atoms with van der Waals surface area (Å²) in [5, 5.41) is 22.9. The number of carbonyl (C=O) groups is 1. The molecule has 0 aliphatic rings. The normalized spacial score (nSPS) is 11.2. The first-order valence-corrected chi connectivity index (χ1v) is 8.31. The summed E-state index contributed by atoms with van der Waals surface area (Å²) in [6, 6.07) is 14.2. The highest BCUT2D eigenvalue weighted by Crippen LogP contribution is 2.32. The van der Waals surface area contributed by atoms with Crippen molar-refractivity contribution in [3.05, 3.63) is 70.7 Å². The molecule has 0 atom stereocenters. The molecule has 4 aromatic rings. The van der Waals surface area contributed by atoms with Crippen molar-refractivity contribution in [1.29, 1.82) is 0 Å². The lowest BCUT2D eigenvalue weighted by atomic mass is 10.0. The minimum absolute atomic E-state index is 0.225. The number of hydrogen-bond donors (Lipinski definition) is 2. The Kier molecular flexibility index (Phi) is 3.43. The van der Waals surface area contributed by atoms with Gasteiger partial charge in [-0.25, -0.2) is 4.79 Å². The fourth-order valence-corrected chi connectivity index (χ4v) is 3.85. The van der Waals surface area contributed by atoms with Gasteiger partial charge in [-0.3, -0.25) is 4.98 Å². The van der Waals surface area contributed by atoms with Gasteiger partial charge in [-0.05, 0) is 41.3 Å². The van der Waals surface area contributed by atoms with Crippen LogP contribution in [0.15, 0.2) is 53.9 Å². The monoisotopic (exact) mass is 335 g/mol. The molecule has 24 heavy (non-hydrogen) atoms. The molecule has 0 aliphatic carbocycles. The Morgan fingerprint density at radius 1 is 1.08 bits per heavy atom. The van der Waals surface area contributed by atoms with Gasteiger partial charge in [0, 0.05) is 21.9 Å². The van der Waals surface area contributed by atoms with Gasteiger partial charge in [-0.15, -0.1) is 11.3 Å². The van der Waals surface area contributed by atoms with Gasteiger partial charge in [0.15, 0.2) is 0 Å². The second-order valence-electron chi connectivity index (χ2n) is 5.61. The van der Waals surface area contributed by atoms with E-state index < -0.39 is 5.97 Å². The summed E-state index contributed by atoms with van der Waals surface area (Å²) in [7, 11) is 0. The van der Waals surface area contributed by atoms with Crippen LogP contribution in [-0.4, -0.2) is 21.2 Å². The van der Waals surface area contributed by atoms with Gasteiger partial charge in [0.1, 0.15) is 5.75 Å². The summed E-state index contributed by atoms with van der Waals surface area (Å²) in [6.07, 6.45) is 0.578. The lowest BCUT2D eigenvalue weighted by Gasteiger charge is -2.08. The summed E-state index contributed by atoms with van der Waals surface area (Å²) >= 11 is 1.62. The molecule has 2 aromatic carbocycles. The number of aromatic hydroxyl groups is 1. The molecule has 118 valence electrons. The van der Waals surface area contributed by atoms with Crippen LogP contribution < -0.4 is 0 Å². The molecule has 0 radical (unpaired) electrons. The molecular formula is C19H13NO3S. The van der Waals surface area contributed by atoms with Gasteiger partial charge >= 0.3 is 5.97 Å². The second kappa shape index (κ2) is 5.62. The van der Waals surface area contributed by atoms with Crippen molar-refractivity contribution in [3.63, 3.8) is 0 Å². The van der Waals surface area contributed by atoms with Gasteiger partial charge in [0.05, 0.1) is 16.8 Å². The maximum absolute atomic E-state index is 11.2. The van der Waals surface area contributed by atoms with Crippen molar-refractivity contribution in [2.45, 2.75) is 6.42 Å². The lowest BCUT2D eigenvalue weighted by Crippen LogP contribution is -1.98. The maximum Gasteiger partial charge on any atom is 0.335 e. The molecule has 0 amide bonds. The van der Waals surface area contributed by atoms with Gasteiger partial charge in [0.25, 0.3) is 0 Å². The van der Waals surface area contributed by atoms with Crippen molar-refractivity contribution in [2.24, 2.45) is 0 Å². The zero-order chi connectivity index (χ0) is 16.7. The molecular weight excluding hydrogens is 322 g/mol. The number of pyridine rings is 1. The Balaban J connectivity index is 1.92. The fourth-order valence-electron chi connectivity index (χ4n) is 2.89. The third-order valence-electron chi connectivity index (χ3n) is 4.00. The first kappa shape index (κ1) is 14.7. The zero-order valence-electron chi connectivity index (χ0n) is 12.6. The molecule has 2 N–H and O–H groups in total. The number of rotatable bonds is 3. The largest absolute Gasteiger partial charge is 0.508 e. The van der Waals surface area contributed by atoms with Crippen LogP contribution in [0.5, 0.6) is 5.75 Å². The van der Waals surface area contributed by atoms with E-state index in [1.54, 1.807) is 41.7 Å². The van der Waals surface area contributed by atoms with Crippen LogP contribution in [0.1, 0.15) is 21.6 Å². The van der Waals surface area contributed by atoms with Crippen LogP contribution in [0.3, 0.4) is 0 Å².